The minimum Gasteiger partial charge on any atom is -0.506 e. The zero-order valence-electron chi connectivity index (χ0n) is 15.9. The lowest BCUT2D eigenvalue weighted by molar-refractivity contribution is 0.0901. The molecule has 2 N–H and O–H groups in total. The molecule has 2 aromatic carbocycles. The van der Waals surface area contributed by atoms with E-state index in [1.54, 1.807) is 36.4 Å². The molecule has 0 saturated carbocycles. The zero-order valence-corrected chi connectivity index (χ0v) is 15.9. The lowest BCUT2D eigenvalue weighted by Gasteiger charge is -2.14. The summed E-state index contributed by atoms with van der Waals surface area (Å²) in [6, 6.07) is 13.9. The molecule has 0 unspecified atom stereocenters. The van der Waals surface area contributed by atoms with Crippen molar-refractivity contribution in [3.8, 4) is 5.75 Å². The van der Waals surface area contributed by atoms with Gasteiger partial charge in [-0.05, 0) is 25.5 Å². The lowest BCUT2D eigenvalue weighted by atomic mass is 10.1. The Kier molecular flexibility index (Phi) is 5.59. The molecule has 144 valence electrons. The molecule has 0 radical (unpaired) electrons. The number of aromatic hydroxyl groups is 1. The van der Waals surface area contributed by atoms with Crippen LogP contribution in [0.2, 0.25) is 0 Å². The van der Waals surface area contributed by atoms with Crippen molar-refractivity contribution in [3.05, 3.63) is 75.6 Å². The Bertz CT molecular complexity index is 1100. The fourth-order valence-corrected chi connectivity index (χ4v) is 3.13. The molecular formula is C22H22N2O4. The SMILES string of the molecule is CCCn1c(=O)c(C(=O)NCC(=O)c2ccc(C)cc2)c(O)c2ccccc21. The van der Waals surface area contributed by atoms with E-state index in [1.165, 1.54) is 4.57 Å². The van der Waals surface area contributed by atoms with Crippen LogP contribution in [-0.2, 0) is 6.54 Å². The van der Waals surface area contributed by atoms with Crippen LogP contribution in [0.15, 0.2) is 53.3 Å². The molecule has 0 saturated heterocycles. The molecule has 0 aliphatic rings. The molecule has 28 heavy (non-hydrogen) atoms. The van der Waals surface area contributed by atoms with Gasteiger partial charge in [0, 0.05) is 17.5 Å². The fraction of sp³-hybridized carbons (Fsp3) is 0.227. The molecule has 0 aliphatic carbocycles. The quantitative estimate of drug-likeness (QED) is 0.646. The number of carbonyl (C=O) groups is 2. The summed E-state index contributed by atoms with van der Waals surface area (Å²) in [6.07, 6.45) is 0.696. The maximum absolute atomic E-state index is 12.8. The van der Waals surface area contributed by atoms with Gasteiger partial charge in [-0.2, -0.15) is 0 Å². The van der Waals surface area contributed by atoms with E-state index >= 15 is 0 Å². The smallest absolute Gasteiger partial charge is 0.267 e. The molecule has 6 nitrogen and oxygen atoms in total. The van der Waals surface area contributed by atoms with E-state index in [4.69, 9.17) is 0 Å². The Labute approximate surface area is 162 Å². The molecule has 1 heterocycles. The summed E-state index contributed by atoms with van der Waals surface area (Å²) >= 11 is 0. The third-order valence-corrected chi connectivity index (χ3v) is 4.60. The summed E-state index contributed by atoms with van der Waals surface area (Å²) in [5.74, 6) is -1.41. The van der Waals surface area contributed by atoms with Crippen molar-refractivity contribution in [1.82, 2.24) is 9.88 Å². The van der Waals surface area contributed by atoms with E-state index in [1.807, 2.05) is 26.0 Å². The van der Waals surface area contributed by atoms with Gasteiger partial charge < -0.3 is 15.0 Å². The predicted molar refractivity (Wildman–Crippen MR) is 108 cm³/mol. The van der Waals surface area contributed by atoms with E-state index < -0.39 is 11.5 Å². The van der Waals surface area contributed by atoms with Crippen LogP contribution in [0, 0.1) is 6.92 Å². The average Bonchev–Trinajstić information content (AvgIpc) is 2.70. The largest absolute Gasteiger partial charge is 0.506 e. The second-order valence-corrected chi connectivity index (χ2v) is 6.67. The Morgan fingerprint density at radius 1 is 1.07 bits per heavy atom. The first kappa shape index (κ1) is 19.4. The molecular weight excluding hydrogens is 356 g/mol. The van der Waals surface area contributed by atoms with Gasteiger partial charge in [-0.15, -0.1) is 0 Å². The molecule has 1 aromatic heterocycles. The standard InChI is InChI=1S/C22H22N2O4/c1-3-12-24-17-7-5-4-6-16(17)20(26)19(22(24)28)21(27)23-13-18(25)15-10-8-14(2)9-11-15/h4-11,26H,3,12-13H2,1-2H3,(H,23,27). The van der Waals surface area contributed by atoms with Gasteiger partial charge in [-0.1, -0.05) is 48.9 Å². The van der Waals surface area contributed by atoms with Gasteiger partial charge in [0.1, 0.15) is 11.3 Å². The van der Waals surface area contributed by atoms with Crippen LogP contribution in [-0.4, -0.2) is 27.9 Å². The molecule has 0 atom stereocenters. The average molecular weight is 378 g/mol. The first-order chi connectivity index (χ1) is 13.4. The van der Waals surface area contributed by atoms with Gasteiger partial charge in [0.15, 0.2) is 5.78 Å². The second-order valence-electron chi connectivity index (χ2n) is 6.67. The first-order valence-corrected chi connectivity index (χ1v) is 9.16. The normalized spacial score (nSPS) is 10.8. The van der Waals surface area contributed by atoms with E-state index in [9.17, 15) is 19.5 Å². The molecule has 3 rings (SSSR count). The van der Waals surface area contributed by atoms with Gasteiger partial charge in [0.05, 0.1) is 12.1 Å². The predicted octanol–water partition coefficient (Wildman–Crippen LogP) is 3.04. The van der Waals surface area contributed by atoms with Crippen molar-refractivity contribution >= 4 is 22.6 Å². The van der Waals surface area contributed by atoms with Gasteiger partial charge in [-0.25, -0.2) is 0 Å². The lowest BCUT2D eigenvalue weighted by Crippen LogP contribution is -2.36. The molecule has 0 fully saturated rings. The van der Waals surface area contributed by atoms with Crippen LogP contribution < -0.4 is 10.9 Å². The van der Waals surface area contributed by atoms with E-state index in [0.29, 0.717) is 29.4 Å². The Hall–Kier alpha value is -3.41. The van der Waals surface area contributed by atoms with Crippen molar-refractivity contribution in [2.24, 2.45) is 0 Å². The highest BCUT2D eigenvalue weighted by Crippen LogP contribution is 2.26. The van der Waals surface area contributed by atoms with Crippen molar-refractivity contribution in [2.45, 2.75) is 26.8 Å². The molecule has 0 bridgehead atoms. The van der Waals surface area contributed by atoms with Crippen LogP contribution in [0.25, 0.3) is 10.9 Å². The Balaban J connectivity index is 1.92. The summed E-state index contributed by atoms with van der Waals surface area (Å²) < 4.78 is 1.48. The number of para-hydroxylation sites is 1. The highest BCUT2D eigenvalue weighted by molar-refractivity contribution is 6.05. The van der Waals surface area contributed by atoms with Crippen molar-refractivity contribution in [1.29, 1.82) is 0 Å². The highest BCUT2D eigenvalue weighted by Gasteiger charge is 2.22. The summed E-state index contributed by atoms with van der Waals surface area (Å²) in [5, 5.41) is 13.4. The number of ketones is 1. The molecule has 6 heteroatoms. The summed E-state index contributed by atoms with van der Waals surface area (Å²) in [7, 11) is 0. The summed E-state index contributed by atoms with van der Waals surface area (Å²) in [5.41, 5.74) is 1.15. The minimum atomic E-state index is -0.765. The first-order valence-electron chi connectivity index (χ1n) is 9.16. The number of hydrogen-bond donors (Lipinski definition) is 2. The monoisotopic (exact) mass is 378 g/mol. The van der Waals surface area contributed by atoms with Gasteiger partial charge >= 0.3 is 0 Å². The summed E-state index contributed by atoms with van der Waals surface area (Å²) in [6.45, 7) is 4.00. The van der Waals surface area contributed by atoms with Crippen LogP contribution in [0.1, 0.15) is 39.6 Å². The number of pyridine rings is 1. The zero-order chi connectivity index (χ0) is 20.3. The number of Topliss-reactive ketones (excluding diaryl/α,β-unsaturated/α-hetero) is 1. The van der Waals surface area contributed by atoms with Gasteiger partial charge in [0.2, 0.25) is 0 Å². The van der Waals surface area contributed by atoms with Crippen molar-refractivity contribution < 1.29 is 14.7 Å². The van der Waals surface area contributed by atoms with E-state index in [0.717, 1.165) is 5.56 Å². The third kappa shape index (κ3) is 3.67. The van der Waals surface area contributed by atoms with Crippen LogP contribution in [0.4, 0.5) is 0 Å². The number of nitrogens with one attached hydrogen (secondary N) is 1. The number of benzene rings is 2. The topological polar surface area (TPSA) is 88.4 Å². The molecule has 0 spiro atoms. The van der Waals surface area contributed by atoms with Crippen LogP contribution in [0.5, 0.6) is 5.75 Å². The van der Waals surface area contributed by atoms with Crippen LogP contribution in [0.3, 0.4) is 0 Å². The van der Waals surface area contributed by atoms with Crippen molar-refractivity contribution in [3.63, 3.8) is 0 Å². The fourth-order valence-electron chi connectivity index (χ4n) is 3.13. The molecule has 3 aromatic rings. The number of amides is 1. The molecule has 1 amide bonds. The van der Waals surface area contributed by atoms with Gasteiger partial charge in [-0.3, -0.25) is 14.4 Å². The van der Waals surface area contributed by atoms with Crippen molar-refractivity contribution in [2.75, 3.05) is 6.54 Å². The van der Waals surface area contributed by atoms with Gasteiger partial charge in [0.25, 0.3) is 11.5 Å². The number of hydrogen-bond acceptors (Lipinski definition) is 4. The number of fused-ring (bicyclic) bond motifs is 1. The van der Waals surface area contributed by atoms with E-state index in [2.05, 4.69) is 5.32 Å². The van der Waals surface area contributed by atoms with Crippen LogP contribution >= 0.6 is 0 Å². The summed E-state index contributed by atoms with van der Waals surface area (Å²) in [4.78, 5) is 37.8. The maximum Gasteiger partial charge on any atom is 0.267 e. The minimum absolute atomic E-state index is 0.263. The Morgan fingerprint density at radius 2 is 1.75 bits per heavy atom. The molecule has 0 aliphatic heterocycles. The Morgan fingerprint density at radius 3 is 2.43 bits per heavy atom. The highest BCUT2D eigenvalue weighted by atomic mass is 16.3. The number of aromatic nitrogens is 1. The number of nitrogens with zero attached hydrogens (tertiary/aromatic N) is 1. The number of rotatable bonds is 6. The number of carbonyl (C=O) groups excluding carboxylic acids is 2. The third-order valence-electron chi connectivity index (χ3n) is 4.60. The maximum atomic E-state index is 12.8. The van der Waals surface area contributed by atoms with E-state index in [-0.39, 0.29) is 23.6 Å². The number of aryl methyl sites for hydroxylation is 2. The second kappa shape index (κ2) is 8.08.